The van der Waals surface area contributed by atoms with Crippen LogP contribution in [0.25, 0.3) is 5.57 Å². The van der Waals surface area contributed by atoms with Crippen molar-refractivity contribution in [3.63, 3.8) is 0 Å². The highest BCUT2D eigenvalue weighted by molar-refractivity contribution is 6.53. The summed E-state index contributed by atoms with van der Waals surface area (Å²) in [4.78, 5) is 0. The minimum Gasteiger partial charge on any atom is -0.400 e. The van der Waals surface area contributed by atoms with Gasteiger partial charge in [-0.2, -0.15) is 0 Å². The van der Waals surface area contributed by atoms with Gasteiger partial charge in [0.25, 0.3) is 0 Å². The molecule has 1 aliphatic rings. The first-order valence-corrected chi connectivity index (χ1v) is 13.6. The van der Waals surface area contributed by atoms with Gasteiger partial charge in [-0.1, -0.05) is 96.5 Å². The molecule has 0 bridgehead atoms. The molecule has 0 spiro atoms. The molecular weight excluding hydrogens is 403 g/mol. The lowest BCUT2D eigenvalue weighted by Crippen LogP contribution is -2.41. The summed E-state index contributed by atoms with van der Waals surface area (Å²) >= 11 is 0. The van der Waals surface area contributed by atoms with Crippen molar-refractivity contribution in [1.29, 1.82) is 0 Å². The summed E-state index contributed by atoms with van der Waals surface area (Å²) in [5.74, 6) is 2.25. The largest absolute Gasteiger partial charge is 0.487 e. The summed E-state index contributed by atoms with van der Waals surface area (Å²) in [6.07, 6.45) is 13.9. The summed E-state index contributed by atoms with van der Waals surface area (Å²) in [5.41, 5.74) is 4.02. The van der Waals surface area contributed by atoms with E-state index < -0.39 is 0 Å². The number of benzene rings is 1. The van der Waals surface area contributed by atoms with Crippen molar-refractivity contribution in [2.75, 3.05) is 0 Å². The fourth-order valence-electron chi connectivity index (χ4n) is 4.45. The van der Waals surface area contributed by atoms with Gasteiger partial charge in [-0.25, -0.2) is 0 Å². The lowest BCUT2D eigenvalue weighted by Gasteiger charge is -2.32. The topological polar surface area (TPSA) is 18.5 Å². The van der Waals surface area contributed by atoms with E-state index in [-0.39, 0.29) is 18.3 Å². The van der Waals surface area contributed by atoms with Crippen molar-refractivity contribution in [2.24, 2.45) is 5.41 Å². The molecule has 0 saturated carbocycles. The quantitative estimate of drug-likeness (QED) is 0.218. The van der Waals surface area contributed by atoms with Gasteiger partial charge >= 0.3 is 7.12 Å². The van der Waals surface area contributed by atoms with Gasteiger partial charge in [0.1, 0.15) is 0 Å². The molecule has 1 fully saturated rings. The van der Waals surface area contributed by atoms with E-state index in [0.29, 0.717) is 5.41 Å². The monoisotopic (exact) mass is 454 g/mol. The molecule has 0 amide bonds. The molecule has 33 heavy (non-hydrogen) atoms. The van der Waals surface area contributed by atoms with Crippen LogP contribution in [0, 0.1) is 5.41 Å². The first-order chi connectivity index (χ1) is 15.4. The van der Waals surface area contributed by atoms with Crippen LogP contribution >= 0.6 is 0 Å². The molecule has 1 aliphatic heterocycles. The second kappa shape index (κ2) is 12.6. The fourth-order valence-corrected chi connectivity index (χ4v) is 4.45. The van der Waals surface area contributed by atoms with Gasteiger partial charge in [0, 0.05) is 0 Å². The highest BCUT2D eigenvalue weighted by atomic mass is 16.7. The van der Waals surface area contributed by atoms with Crippen molar-refractivity contribution in [3.8, 4) is 0 Å². The molecule has 2 rings (SSSR count). The summed E-state index contributed by atoms with van der Waals surface area (Å²) < 4.78 is 12.6. The maximum Gasteiger partial charge on any atom is 0.487 e. The fraction of sp³-hybridized carbons (Fsp3) is 0.733. The molecule has 1 aromatic carbocycles. The molecule has 0 radical (unpaired) electrons. The van der Waals surface area contributed by atoms with E-state index in [1.807, 2.05) is 0 Å². The average molecular weight is 455 g/mol. The van der Waals surface area contributed by atoms with Crippen molar-refractivity contribution in [3.05, 3.63) is 41.4 Å². The van der Waals surface area contributed by atoms with Crippen LogP contribution in [0.2, 0.25) is 0 Å². The van der Waals surface area contributed by atoms with Gasteiger partial charge in [0.05, 0.1) is 11.2 Å². The minimum absolute atomic E-state index is 0.276. The normalized spacial score (nSPS) is 18.2. The van der Waals surface area contributed by atoms with Crippen LogP contribution in [0.1, 0.15) is 131 Å². The highest BCUT2D eigenvalue weighted by Gasteiger charge is 2.50. The first kappa shape index (κ1) is 28.2. The second-order valence-corrected chi connectivity index (χ2v) is 12.3. The number of aryl methyl sites for hydroxylation is 1. The van der Waals surface area contributed by atoms with Crippen LogP contribution in [0.4, 0.5) is 0 Å². The van der Waals surface area contributed by atoms with Gasteiger partial charge < -0.3 is 9.31 Å². The van der Waals surface area contributed by atoms with Gasteiger partial charge in [-0.3, -0.25) is 0 Å². The molecule has 2 nitrogen and oxygen atoms in total. The molecular formula is C30H51BO2. The predicted octanol–water partition coefficient (Wildman–Crippen LogP) is 9.21. The molecule has 1 heterocycles. The number of allylic oxidation sites excluding steroid dienone is 1. The molecule has 186 valence electrons. The van der Waals surface area contributed by atoms with Crippen LogP contribution in [-0.4, -0.2) is 18.3 Å². The van der Waals surface area contributed by atoms with Crippen molar-refractivity contribution >= 4 is 12.7 Å². The molecule has 0 aliphatic carbocycles. The van der Waals surface area contributed by atoms with Crippen LogP contribution in [-0.2, 0) is 15.7 Å². The van der Waals surface area contributed by atoms with E-state index in [1.54, 1.807) is 0 Å². The molecule has 0 aromatic heterocycles. The molecule has 1 saturated heterocycles. The summed E-state index contributed by atoms with van der Waals surface area (Å²) in [5, 5.41) is 0. The van der Waals surface area contributed by atoms with Crippen LogP contribution in [0.5, 0.6) is 0 Å². The summed E-state index contributed by atoms with van der Waals surface area (Å²) in [6.45, 7) is 17.8. The lowest BCUT2D eigenvalue weighted by molar-refractivity contribution is 0.00578. The van der Waals surface area contributed by atoms with Crippen molar-refractivity contribution < 1.29 is 9.31 Å². The third-order valence-corrected chi connectivity index (χ3v) is 7.35. The Morgan fingerprint density at radius 1 is 0.879 bits per heavy atom. The number of hydrogen-bond donors (Lipinski definition) is 0. The maximum absolute atomic E-state index is 6.31. The van der Waals surface area contributed by atoms with Gasteiger partial charge in [-0.15, -0.1) is 0 Å². The molecule has 3 heteroatoms. The van der Waals surface area contributed by atoms with Gasteiger partial charge in [0.2, 0.25) is 0 Å². The zero-order valence-corrected chi connectivity index (χ0v) is 23.1. The van der Waals surface area contributed by atoms with Crippen LogP contribution in [0.3, 0.4) is 0 Å². The third kappa shape index (κ3) is 9.61. The first-order valence-electron chi connectivity index (χ1n) is 13.6. The van der Waals surface area contributed by atoms with Crippen LogP contribution < -0.4 is 0 Å². The Morgan fingerprint density at radius 2 is 1.52 bits per heavy atom. The highest BCUT2D eigenvalue weighted by Crippen LogP contribution is 2.38. The van der Waals surface area contributed by atoms with Crippen LogP contribution in [0.15, 0.2) is 30.2 Å². The zero-order valence-electron chi connectivity index (χ0n) is 23.1. The number of rotatable bonds is 13. The van der Waals surface area contributed by atoms with E-state index in [0.717, 1.165) is 12.8 Å². The van der Waals surface area contributed by atoms with E-state index in [2.05, 4.69) is 85.6 Å². The Hall–Kier alpha value is -1.06. The van der Waals surface area contributed by atoms with E-state index in [9.17, 15) is 0 Å². The smallest absolute Gasteiger partial charge is 0.400 e. The van der Waals surface area contributed by atoms with Crippen molar-refractivity contribution in [1.82, 2.24) is 0 Å². The Kier molecular flexibility index (Phi) is 10.8. The average Bonchev–Trinajstić information content (AvgIpc) is 2.92. The molecule has 1 aromatic rings. The molecule has 0 unspecified atom stereocenters. The SMILES string of the molecule is CCCCCCC/C(=C\B1OC(C)(C)C(C)(C)O1)c1cccc(CCCCCC(C)(C)C)c1. The van der Waals surface area contributed by atoms with E-state index >= 15 is 0 Å². The molecule has 0 atom stereocenters. The predicted molar refractivity (Wildman–Crippen MR) is 146 cm³/mol. The van der Waals surface area contributed by atoms with Gasteiger partial charge in [-0.05, 0) is 81.9 Å². The summed E-state index contributed by atoms with van der Waals surface area (Å²) in [6, 6.07) is 9.20. The Balaban J connectivity index is 2.07. The van der Waals surface area contributed by atoms with E-state index in [1.165, 1.54) is 74.5 Å². The Bertz CT molecular complexity index is 726. The Morgan fingerprint density at radius 3 is 2.15 bits per heavy atom. The second-order valence-electron chi connectivity index (χ2n) is 12.3. The number of unbranched alkanes of at least 4 members (excludes halogenated alkanes) is 6. The summed E-state index contributed by atoms with van der Waals surface area (Å²) in [7, 11) is -0.276. The van der Waals surface area contributed by atoms with E-state index in [4.69, 9.17) is 9.31 Å². The zero-order chi connectivity index (χ0) is 24.5. The standard InChI is InChI=1S/C30H51BO2/c1-9-10-11-12-15-20-27(24-31-32-29(5,6)30(7,8)33-31)26-21-17-19-25(23-26)18-14-13-16-22-28(2,3)4/h17,19,21,23-24H,9-16,18,20,22H2,1-8H3/b27-24+. The lowest BCUT2D eigenvalue weighted by atomic mass is 9.82. The minimum atomic E-state index is -0.296. The van der Waals surface area contributed by atoms with Crippen molar-refractivity contribution in [2.45, 2.75) is 137 Å². The number of hydrogen-bond acceptors (Lipinski definition) is 2. The third-order valence-electron chi connectivity index (χ3n) is 7.35. The van der Waals surface area contributed by atoms with Gasteiger partial charge in [0.15, 0.2) is 0 Å². The Labute approximate surface area is 206 Å². The molecule has 0 N–H and O–H groups in total. The maximum atomic E-state index is 6.31.